The number of rotatable bonds is 4. The third-order valence-electron chi connectivity index (χ3n) is 2.91. The van der Waals surface area contributed by atoms with Crippen LogP contribution in [0.3, 0.4) is 0 Å². The van der Waals surface area contributed by atoms with Crippen LogP contribution in [0, 0.1) is 12.7 Å². The van der Waals surface area contributed by atoms with Gasteiger partial charge in [0.1, 0.15) is 17.7 Å². The van der Waals surface area contributed by atoms with Gasteiger partial charge in [0.05, 0.1) is 0 Å². The van der Waals surface area contributed by atoms with E-state index in [1.165, 1.54) is 12.1 Å². The molecule has 2 rings (SSSR count). The fourth-order valence-corrected chi connectivity index (χ4v) is 2.08. The highest BCUT2D eigenvalue weighted by atomic mass is 19.1. The summed E-state index contributed by atoms with van der Waals surface area (Å²) < 4.78 is 18.8. The molecule has 0 amide bonds. The first-order valence-electron chi connectivity index (χ1n) is 5.84. The van der Waals surface area contributed by atoms with Crippen LogP contribution >= 0.6 is 0 Å². The summed E-state index contributed by atoms with van der Waals surface area (Å²) in [7, 11) is 0. The topological polar surface area (TPSA) is 21.3 Å². The molecule has 1 aliphatic rings. The van der Waals surface area contributed by atoms with Crippen LogP contribution in [0.2, 0.25) is 0 Å². The molecule has 1 aromatic carbocycles. The quantitative estimate of drug-likeness (QED) is 0.847. The third-order valence-corrected chi connectivity index (χ3v) is 2.91. The summed E-state index contributed by atoms with van der Waals surface area (Å²) in [5.74, 6) is 0.426. The van der Waals surface area contributed by atoms with E-state index < -0.39 is 0 Å². The second-order valence-electron chi connectivity index (χ2n) is 4.43. The van der Waals surface area contributed by atoms with Crippen LogP contribution in [-0.4, -0.2) is 18.7 Å². The minimum Gasteiger partial charge on any atom is -0.490 e. The summed E-state index contributed by atoms with van der Waals surface area (Å²) in [6.45, 7) is 4.97. The zero-order valence-electron chi connectivity index (χ0n) is 9.79. The summed E-state index contributed by atoms with van der Waals surface area (Å²) in [6.07, 6.45) is 2.28. The lowest BCUT2D eigenvalue weighted by molar-refractivity contribution is 0.0856. The van der Waals surface area contributed by atoms with E-state index in [9.17, 15) is 4.39 Å². The number of benzene rings is 1. The smallest absolute Gasteiger partial charge is 0.127 e. The Morgan fingerprint density at radius 2 is 2.12 bits per heavy atom. The molecular weight excluding hydrogens is 205 g/mol. The van der Waals surface area contributed by atoms with Crippen LogP contribution in [0.5, 0.6) is 5.75 Å². The van der Waals surface area contributed by atoms with Gasteiger partial charge in [0, 0.05) is 12.1 Å². The lowest BCUT2D eigenvalue weighted by Gasteiger charge is -2.35. The second kappa shape index (κ2) is 4.83. The van der Waals surface area contributed by atoms with E-state index >= 15 is 0 Å². The molecule has 88 valence electrons. The summed E-state index contributed by atoms with van der Waals surface area (Å²) in [6, 6.07) is 5.41. The van der Waals surface area contributed by atoms with Crippen molar-refractivity contribution in [2.45, 2.75) is 38.8 Å². The van der Waals surface area contributed by atoms with Gasteiger partial charge in [-0.15, -0.1) is 0 Å². The molecule has 1 aromatic rings. The Morgan fingerprint density at radius 3 is 2.75 bits per heavy atom. The average molecular weight is 223 g/mol. The molecule has 1 fully saturated rings. The molecule has 1 saturated carbocycles. The molecule has 2 nitrogen and oxygen atoms in total. The van der Waals surface area contributed by atoms with Crippen molar-refractivity contribution in [2.24, 2.45) is 0 Å². The SMILES string of the molecule is CCNC1CC(Oc2cc(C)cc(F)c2)C1. The number of hydrogen-bond donors (Lipinski definition) is 1. The van der Waals surface area contributed by atoms with Gasteiger partial charge in [0.25, 0.3) is 0 Å². The molecular formula is C13H18FNO. The van der Waals surface area contributed by atoms with E-state index in [1.54, 1.807) is 0 Å². The molecule has 0 aliphatic heterocycles. The highest BCUT2D eigenvalue weighted by Crippen LogP contribution is 2.26. The maximum atomic E-state index is 13.1. The number of halogens is 1. The van der Waals surface area contributed by atoms with Gasteiger partial charge in [0.2, 0.25) is 0 Å². The number of aryl methyl sites for hydroxylation is 1. The Balaban J connectivity index is 1.86. The van der Waals surface area contributed by atoms with E-state index in [2.05, 4.69) is 12.2 Å². The van der Waals surface area contributed by atoms with Crippen molar-refractivity contribution in [3.63, 3.8) is 0 Å². The van der Waals surface area contributed by atoms with Crippen LogP contribution in [0.1, 0.15) is 25.3 Å². The molecule has 0 unspecified atom stereocenters. The van der Waals surface area contributed by atoms with Gasteiger partial charge in [-0.25, -0.2) is 4.39 Å². The number of hydrogen-bond acceptors (Lipinski definition) is 2. The van der Waals surface area contributed by atoms with Gasteiger partial charge in [0.15, 0.2) is 0 Å². The van der Waals surface area contributed by atoms with Crippen molar-refractivity contribution in [3.8, 4) is 5.75 Å². The molecule has 0 aromatic heterocycles. The largest absolute Gasteiger partial charge is 0.490 e. The Hall–Kier alpha value is -1.09. The van der Waals surface area contributed by atoms with Gasteiger partial charge in [-0.1, -0.05) is 6.92 Å². The van der Waals surface area contributed by atoms with Crippen LogP contribution in [0.4, 0.5) is 4.39 Å². The standard InChI is InChI=1S/C13H18FNO/c1-3-15-11-7-13(8-11)16-12-5-9(2)4-10(14)6-12/h4-6,11,13,15H,3,7-8H2,1-2H3. The maximum Gasteiger partial charge on any atom is 0.127 e. The van der Waals surface area contributed by atoms with E-state index in [-0.39, 0.29) is 11.9 Å². The highest BCUT2D eigenvalue weighted by Gasteiger charge is 2.29. The van der Waals surface area contributed by atoms with Crippen molar-refractivity contribution in [3.05, 3.63) is 29.6 Å². The summed E-state index contributed by atoms with van der Waals surface area (Å²) in [5.41, 5.74) is 0.901. The van der Waals surface area contributed by atoms with Crippen molar-refractivity contribution >= 4 is 0 Å². The Bertz CT molecular complexity index is 341. The van der Waals surface area contributed by atoms with Crippen LogP contribution < -0.4 is 10.1 Å². The van der Waals surface area contributed by atoms with Gasteiger partial charge >= 0.3 is 0 Å². The van der Waals surface area contributed by atoms with Crippen LogP contribution in [0.15, 0.2) is 18.2 Å². The van der Waals surface area contributed by atoms with Crippen LogP contribution in [-0.2, 0) is 0 Å². The zero-order chi connectivity index (χ0) is 11.5. The highest BCUT2D eigenvalue weighted by molar-refractivity contribution is 5.29. The van der Waals surface area contributed by atoms with E-state index in [1.807, 2.05) is 13.0 Å². The molecule has 1 aliphatic carbocycles. The summed E-state index contributed by atoms with van der Waals surface area (Å²) in [5, 5.41) is 3.37. The third kappa shape index (κ3) is 2.73. The van der Waals surface area contributed by atoms with Gasteiger partial charge in [-0.3, -0.25) is 0 Å². The predicted molar refractivity (Wildman–Crippen MR) is 62.3 cm³/mol. The van der Waals surface area contributed by atoms with E-state index in [4.69, 9.17) is 4.74 Å². The molecule has 3 heteroatoms. The zero-order valence-corrected chi connectivity index (χ0v) is 9.79. The molecule has 0 radical (unpaired) electrons. The second-order valence-corrected chi connectivity index (χ2v) is 4.43. The molecule has 0 saturated heterocycles. The fourth-order valence-electron chi connectivity index (χ4n) is 2.08. The molecule has 1 N–H and O–H groups in total. The number of nitrogens with one attached hydrogen (secondary N) is 1. The summed E-state index contributed by atoms with van der Waals surface area (Å²) in [4.78, 5) is 0. The minimum atomic E-state index is -0.224. The van der Waals surface area contributed by atoms with Crippen molar-refractivity contribution in [1.82, 2.24) is 5.32 Å². The molecule has 16 heavy (non-hydrogen) atoms. The minimum absolute atomic E-state index is 0.224. The van der Waals surface area contributed by atoms with E-state index in [0.717, 1.165) is 24.9 Å². The Labute approximate surface area is 95.8 Å². The molecule has 0 atom stereocenters. The average Bonchev–Trinajstić information content (AvgIpc) is 2.13. The first-order chi connectivity index (χ1) is 7.67. The van der Waals surface area contributed by atoms with E-state index in [0.29, 0.717) is 11.8 Å². The molecule has 0 heterocycles. The normalized spacial score (nSPS) is 23.9. The van der Waals surface area contributed by atoms with Crippen LogP contribution in [0.25, 0.3) is 0 Å². The van der Waals surface area contributed by atoms with Gasteiger partial charge in [-0.05, 0) is 44.0 Å². The molecule has 0 bridgehead atoms. The number of ether oxygens (including phenoxy) is 1. The maximum absolute atomic E-state index is 13.1. The fraction of sp³-hybridized carbons (Fsp3) is 0.538. The lowest BCUT2D eigenvalue weighted by Crippen LogP contribution is -2.46. The monoisotopic (exact) mass is 223 g/mol. The Kier molecular flexibility index (Phi) is 3.44. The van der Waals surface area contributed by atoms with Crippen molar-refractivity contribution in [1.29, 1.82) is 0 Å². The molecule has 0 spiro atoms. The Morgan fingerprint density at radius 1 is 1.38 bits per heavy atom. The van der Waals surface area contributed by atoms with Gasteiger partial charge in [-0.2, -0.15) is 0 Å². The van der Waals surface area contributed by atoms with Crippen molar-refractivity contribution < 1.29 is 9.13 Å². The van der Waals surface area contributed by atoms with Gasteiger partial charge < -0.3 is 10.1 Å². The van der Waals surface area contributed by atoms with Crippen molar-refractivity contribution in [2.75, 3.05) is 6.54 Å². The first kappa shape index (κ1) is 11.4. The first-order valence-corrected chi connectivity index (χ1v) is 5.84. The summed E-state index contributed by atoms with van der Waals surface area (Å²) >= 11 is 0. The lowest BCUT2D eigenvalue weighted by atomic mass is 9.89. The predicted octanol–water partition coefficient (Wildman–Crippen LogP) is 2.65.